The number of methoxy groups -OCH3 is 1. The third-order valence-electron chi connectivity index (χ3n) is 2.34. The van der Waals surface area contributed by atoms with Crippen molar-refractivity contribution in [2.75, 3.05) is 18.2 Å². The van der Waals surface area contributed by atoms with Crippen molar-refractivity contribution in [3.63, 3.8) is 0 Å². The molecule has 3 N–H and O–H groups in total. The molecule has 0 spiro atoms. The quantitative estimate of drug-likeness (QED) is 0.796. The van der Waals surface area contributed by atoms with Crippen LogP contribution in [0.25, 0.3) is 0 Å². The van der Waals surface area contributed by atoms with E-state index in [1.54, 1.807) is 37.3 Å². The minimum Gasteiger partial charge on any atom is -0.481 e. The van der Waals surface area contributed by atoms with Crippen LogP contribution in [-0.2, 0) is 13.6 Å². The zero-order valence-corrected chi connectivity index (χ0v) is 9.71. The van der Waals surface area contributed by atoms with Gasteiger partial charge < -0.3 is 15.8 Å². The van der Waals surface area contributed by atoms with E-state index in [0.717, 1.165) is 5.56 Å². The molecule has 90 valence electrons. The predicted octanol–water partition coefficient (Wildman–Crippen LogP) is 0.413. The van der Waals surface area contributed by atoms with Gasteiger partial charge in [0.1, 0.15) is 5.82 Å². The average Bonchev–Trinajstić information content (AvgIpc) is 2.68. The van der Waals surface area contributed by atoms with Gasteiger partial charge in [0.15, 0.2) is 0 Å². The van der Waals surface area contributed by atoms with Gasteiger partial charge in [0.25, 0.3) is 0 Å². The summed E-state index contributed by atoms with van der Waals surface area (Å²) >= 11 is 0. The van der Waals surface area contributed by atoms with Gasteiger partial charge in [-0.25, -0.2) is 4.98 Å². The van der Waals surface area contributed by atoms with E-state index in [0.29, 0.717) is 24.2 Å². The maximum atomic E-state index is 5.82. The lowest BCUT2D eigenvalue weighted by Crippen LogP contribution is -2.06. The van der Waals surface area contributed by atoms with Crippen molar-refractivity contribution in [2.45, 2.75) is 6.54 Å². The van der Waals surface area contributed by atoms with E-state index in [4.69, 9.17) is 10.5 Å². The van der Waals surface area contributed by atoms with E-state index in [1.807, 2.05) is 0 Å². The Bertz CT molecular complexity index is 509. The van der Waals surface area contributed by atoms with Crippen molar-refractivity contribution in [1.29, 1.82) is 0 Å². The van der Waals surface area contributed by atoms with E-state index >= 15 is 0 Å². The third-order valence-corrected chi connectivity index (χ3v) is 2.34. The van der Waals surface area contributed by atoms with Crippen molar-refractivity contribution in [3.8, 4) is 5.88 Å². The second-order valence-electron chi connectivity index (χ2n) is 3.45. The molecule has 0 aliphatic carbocycles. The van der Waals surface area contributed by atoms with Crippen LogP contribution in [0.15, 0.2) is 18.5 Å². The largest absolute Gasteiger partial charge is 0.481 e. The Hall–Kier alpha value is -2.31. The topological polar surface area (TPSA) is 90.9 Å². The Morgan fingerprint density at radius 2 is 2.35 bits per heavy atom. The minimum atomic E-state index is 0.493. The van der Waals surface area contributed by atoms with Crippen molar-refractivity contribution in [2.24, 2.45) is 7.05 Å². The molecule has 0 bridgehead atoms. The Balaban J connectivity index is 2.04. The van der Waals surface area contributed by atoms with E-state index in [2.05, 4.69) is 20.4 Å². The van der Waals surface area contributed by atoms with Gasteiger partial charge >= 0.3 is 0 Å². The standard InChI is InChI=1S/C10H14N6O/c1-16-9(11)7(6-14-16)5-13-10-12-4-3-8(15-10)17-2/h3-4,6H,5,11H2,1-2H3,(H,12,13,15). The summed E-state index contributed by atoms with van der Waals surface area (Å²) in [5.41, 5.74) is 6.72. The fraction of sp³-hybridized carbons (Fsp3) is 0.300. The first-order chi connectivity index (χ1) is 8.20. The molecule has 0 unspecified atom stereocenters. The lowest BCUT2D eigenvalue weighted by molar-refractivity contribution is 0.397. The second-order valence-corrected chi connectivity index (χ2v) is 3.45. The first-order valence-electron chi connectivity index (χ1n) is 5.08. The maximum Gasteiger partial charge on any atom is 0.226 e. The molecule has 0 aromatic carbocycles. The van der Waals surface area contributed by atoms with E-state index in [9.17, 15) is 0 Å². The van der Waals surface area contributed by atoms with E-state index in [1.165, 1.54) is 0 Å². The predicted molar refractivity (Wildman–Crippen MR) is 63.5 cm³/mol. The van der Waals surface area contributed by atoms with Gasteiger partial charge in [0.05, 0.1) is 13.3 Å². The van der Waals surface area contributed by atoms with Crippen LogP contribution in [0.1, 0.15) is 5.56 Å². The van der Waals surface area contributed by atoms with Crippen LogP contribution >= 0.6 is 0 Å². The number of aryl methyl sites for hydroxylation is 1. The summed E-state index contributed by atoms with van der Waals surface area (Å²) in [6, 6.07) is 1.68. The number of anilines is 2. The first-order valence-corrected chi connectivity index (χ1v) is 5.08. The van der Waals surface area contributed by atoms with Crippen molar-refractivity contribution in [1.82, 2.24) is 19.7 Å². The minimum absolute atomic E-state index is 0.493. The number of aromatic nitrogens is 4. The van der Waals surface area contributed by atoms with Crippen LogP contribution in [0.2, 0.25) is 0 Å². The van der Waals surface area contributed by atoms with Crippen LogP contribution in [0.4, 0.5) is 11.8 Å². The number of ether oxygens (including phenoxy) is 1. The lowest BCUT2D eigenvalue weighted by Gasteiger charge is -2.05. The summed E-state index contributed by atoms with van der Waals surface area (Å²) in [5, 5.41) is 7.10. The molecule has 2 rings (SSSR count). The SMILES string of the molecule is COc1ccnc(NCc2cnn(C)c2N)n1. The van der Waals surface area contributed by atoms with Gasteiger partial charge in [0.2, 0.25) is 11.8 Å². The van der Waals surface area contributed by atoms with Crippen LogP contribution in [-0.4, -0.2) is 26.9 Å². The summed E-state index contributed by atoms with van der Waals surface area (Å²) in [6.45, 7) is 0.521. The molecule has 0 saturated heterocycles. The third kappa shape index (κ3) is 2.44. The molecule has 0 saturated carbocycles. The molecule has 2 aromatic heterocycles. The van der Waals surface area contributed by atoms with Crippen LogP contribution in [0, 0.1) is 0 Å². The molecular formula is C10H14N6O. The van der Waals surface area contributed by atoms with Gasteiger partial charge in [-0.2, -0.15) is 10.1 Å². The number of nitrogens with zero attached hydrogens (tertiary/aromatic N) is 4. The van der Waals surface area contributed by atoms with Gasteiger partial charge in [-0.3, -0.25) is 4.68 Å². The molecule has 0 radical (unpaired) electrons. The summed E-state index contributed by atoms with van der Waals surface area (Å²) < 4.78 is 6.62. The zero-order chi connectivity index (χ0) is 12.3. The second kappa shape index (κ2) is 4.69. The van der Waals surface area contributed by atoms with Crippen molar-refractivity contribution < 1.29 is 4.74 Å². The van der Waals surface area contributed by atoms with Crippen molar-refractivity contribution >= 4 is 11.8 Å². The normalized spacial score (nSPS) is 10.2. The van der Waals surface area contributed by atoms with Gasteiger partial charge in [-0.1, -0.05) is 0 Å². The Morgan fingerprint density at radius 3 is 3.00 bits per heavy atom. The summed E-state index contributed by atoms with van der Waals surface area (Å²) in [6.07, 6.45) is 3.34. The molecule has 0 atom stereocenters. The van der Waals surface area contributed by atoms with E-state index < -0.39 is 0 Å². The average molecular weight is 234 g/mol. The summed E-state index contributed by atoms with van der Waals surface area (Å²) in [7, 11) is 3.35. The first kappa shape index (κ1) is 11.2. The molecule has 0 aliphatic rings. The highest BCUT2D eigenvalue weighted by Gasteiger charge is 2.05. The molecule has 0 amide bonds. The maximum absolute atomic E-state index is 5.82. The molecular weight excluding hydrogens is 220 g/mol. The van der Waals surface area contributed by atoms with E-state index in [-0.39, 0.29) is 0 Å². The fourth-order valence-electron chi connectivity index (χ4n) is 1.34. The molecule has 0 fully saturated rings. The highest BCUT2D eigenvalue weighted by atomic mass is 16.5. The fourth-order valence-corrected chi connectivity index (χ4v) is 1.34. The molecule has 2 aromatic rings. The summed E-state index contributed by atoms with van der Waals surface area (Å²) in [5.74, 6) is 1.63. The number of nitrogen functional groups attached to an aromatic ring is 1. The molecule has 7 heteroatoms. The summed E-state index contributed by atoms with van der Waals surface area (Å²) in [4.78, 5) is 8.20. The molecule has 7 nitrogen and oxygen atoms in total. The van der Waals surface area contributed by atoms with Crippen LogP contribution in [0.5, 0.6) is 5.88 Å². The van der Waals surface area contributed by atoms with Crippen LogP contribution in [0.3, 0.4) is 0 Å². The zero-order valence-electron chi connectivity index (χ0n) is 9.71. The Kier molecular flexibility index (Phi) is 3.08. The lowest BCUT2D eigenvalue weighted by atomic mass is 10.3. The van der Waals surface area contributed by atoms with Crippen LogP contribution < -0.4 is 15.8 Å². The van der Waals surface area contributed by atoms with Gasteiger partial charge in [-0.05, 0) is 0 Å². The number of nitrogens with two attached hydrogens (primary N) is 1. The Morgan fingerprint density at radius 1 is 1.53 bits per heavy atom. The number of hydrogen-bond donors (Lipinski definition) is 2. The highest BCUT2D eigenvalue weighted by molar-refractivity contribution is 5.41. The number of hydrogen-bond acceptors (Lipinski definition) is 6. The van der Waals surface area contributed by atoms with Crippen molar-refractivity contribution in [3.05, 3.63) is 24.0 Å². The number of nitrogens with one attached hydrogen (secondary N) is 1. The molecule has 17 heavy (non-hydrogen) atoms. The van der Waals surface area contributed by atoms with Gasteiger partial charge in [0, 0.05) is 31.4 Å². The Labute approximate surface area is 98.6 Å². The molecule has 0 aliphatic heterocycles. The highest BCUT2D eigenvalue weighted by Crippen LogP contribution is 2.12. The smallest absolute Gasteiger partial charge is 0.226 e. The number of rotatable bonds is 4. The van der Waals surface area contributed by atoms with Gasteiger partial charge in [-0.15, -0.1) is 0 Å². The monoisotopic (exact) mass is 234 g/mol. The molecule has 2 heterocycles.